The topological polar surface area (TPSA) is 63.4 Å². The van der Waals surface area contributed by atoms with Gasteiger partial charge in [0.05, 0.1) is 59.6 Å². The van der Waals surface area contributed by atoms with Crippen molar-refractivity contribution in [1.29, 1.82) is 0 Å². The van der Waals surface area contributed by atoms with Crippen LogP contribution in [-0.4, -0.2) is 82.5 Å². The maximum absolute atomic E-state index is 6.71. The van der Waals surface area contributed by atoms with Crippen LogP contribution < -0.4 is 10.2 Å². The van der Waals surface area contributed by atoms with Crippen LogP contribution >= 0.6 is 11.6 Å². The first-order valence-corrected chi connectivity index (χ1v) is 11.4. The summed E-state index contributed by atoms with van der Waals surface area (Å²) in [5, 5.41) is 14.4. The van der Waals surface area contributed by atoms with Crippen molar-refractivity contribution in [2.75, 3.05) is 51.3 Å². The molecule has 164 valence electrons. The molecule has 8 nitrogen and oxygen atoms in total. The quantitative estimate of drug-likeness (QED) is 0.655. The Hall–Kier alpha value is -2.13. The van der Waals surface area contributed by atoms with E-state index in [9.17, 15) is 0 Å². The second-order valence-electron chi connectivity index (χ2n) is 9.26. The highest BCUT2D eigenvalue weighted by atomic mass is 35.5. The highest BCUT2D eigenvalue weighted by molar-refractivity contribution is 6.34. The van der Waals surface area contributed by atoms with E-state index in [0.717, 1.165) is 73.1 Å². The van der Waals surface area contributed by atoms with Crippen molar-refractivity contribution >= 4 is 28.2 Å². The van der Waals surface area contributed by atoms with Gasteiger partial charge in [-0.15, -0.1) is 0 Å². The average Bonchev–Trinajstić information content (AvgIpc) is 3.19. The van der Waals surface area contributed by atoms with Gasteiger partial charge in [0, 0.05) is 37.6 Å². The van der Waals surface area contributed by atoms with E-state index >= 15 is 0 Å². The fourth-order valence-corrected chi connectivity index (χ4v) is 5.25. The molecule has 6 rings (SSSR count). The number of anilines is 1. The van der Waals surface area contributed by atoms with E-state index in [0.29, 0.717) is 12.1 Å². The molecule has 2 saturated heterocycles. The second kappa shape index (κ2) is 7.20. The van der Waals surface area contributed by atoms with E-state index in [1.54, 1.807) is 0 Å². The molecule has 3 aliphatic rings. The summed E-state index contributed by atoms with van der Waals surface area (Å²) in [6.07, 6.45) is 6.98. The zero-order valence-electron chi connectivity index (χ0n) is 18.0. The predicted molar refractivity (Wildman–Crippen MR) is 121 cm³/mol. The molecule has 0 bridgehead atoms. The maximum Gasteiger partial charge on any atom is 0.103 e. The SMILES string of the molecule is CN[C@@H]1C[C@H]1n1cc(-n2ncc3cc(Cl)c(N4CCN(C5(C)COC5)CC4)cc32)cn1. The van der Waals surface area contributed by atoms with Crippen LogP contribution in [0, 0.1) is 0 Å². The molecular formula is C22H28ClN7O. The average molecular weight is 442 g/mol. The Kier molecular flexibility index (Phi) is 4.54. The molecule has 31 heavy (non-hydrogen) atoms. The summed E-state index contributed by atoms with van der Waals surface area (Å²) < 4.78 is 9.47. The zero-order valence-corrected chi connectivity index (χ0v) is 18.7. The van der Waals surface area contributed by atoms with E-state index in [2.05, 4.69) is 44.5 Å². The van der Waals surface area contributed by atoms with Gasteiger partial charge in [0.2, 0.25) is 0 Å². The Morgan fingerprint density at radius 3 is 2.61 bits per heavy atom. The van der Waals surface area contributed by atoms with Crippen molar-refractivity contribution in [3.8, 4) is 5.69 Å². The lowest BCUT2D eigenvalue weighted by Crippen LogP contribution is -2.64. The number of likely N-dealkylation sites (N-methyl/N-ethyl adjacent to an activating group) is 1. The Morgan fingerprint density at radius 2 is 1.94 bits per heavy atom. The van der Waals surface area contributed by atoms with E-state index in [4.69, 9.17) is 16.3 Å². The van der Waals surface area contributed by atoms with Crippen LogP contribution in [0.1, 0.15) is 19.4 Å². The molecule has 0 unspecified atom stereocenters. The first-order chi connectivity index (χ1) is 15.1. The summed E-state index contributed by atoms with van der Waals surface area (Å²) in [7, 11) is 2.00. The van der Waals surface area contributed by atoms with E-state index in [1.165, 1.54) is 0 Å². The minimum absolute atomic E-state index is 0.201. The Balaban J connectivity index is 1.26. The molecular weight excluding hydrogens is 414 g/mol. The third-order valence-corrected chi connectivity index (χ3v) is 7.45. The number of halogens is 1. The normalized spacial score (nSPS) is 25.7. The van der Waals surface area contributed by atoms with E-state index in [-0.39, 0.29) is 5.54 Å². The lowest BCUT2D eigenvalue weighted by molar-refractivity contribution is -0.131. The summed E-state index contributed by atoms with van der Waals surface area (Å²) >= 11 is 6.71. The fraction of sp³-hybridized carbons (Fsp3) is 0.545. The lowest BCUT2D eigenvalue weighted by atomic mass is 9.97. The number of aromatic nitrogens is 4. The van der Waals surface area contributed by atoms with Gasteiger partial charge in [0.25, 0.3) is 0 Å². The number of benzene rings is 1. The number of rotatable bonds is 5. The van der Waals surface area contributed by atoms with Crippen molar-refractivity contribution in [2.45, 2.75) is 31.0 Å². The number of fused-ring (bicyclic) bond motifs is 1. The first-order valence-electron chi connectivity index (χ1n) is 11.0. The highest BCUT2D eigenvalue weighted by Gasteiger charge is 2.41. The van der Waals surface area contributed by atoms with Gasteiger partial charge in [-0.25, -0.2) is 4.68 Å². The monoisotopic (exact) mass is 441 g/mol. The van der Waals surface area contributed by atoms with Crippen molar-refractivity contribution in [3.63, 3.8) is 0 Å². The zero-order chi connectivity index (χ0) is 21.2. The molecule has 4 heterocycles. The molecule has 2 aromatic heterocycles. The van der Waals surface area contributed by atoms with Crippen LogP contribution in [0.5, 0.6) is 0 Å². The molecule has 1 aliphatic carbocycles. The first kappa shape index (κ1) is 19.5. The van der Waals surface area contributed by atoms with Crippen LogP contribution in [0.15, 0.2) is 30.7 Å². The molecule has 2 atom stereocenters. The molecule has 0 amide bonds. The molecule has 3 fully saturated rings. The largest absolute Gasteiger partial charge is 0.377 e. The summed E-state index contributed by atoms with van der Waals surface area (Å²) in [5.41, 5.74) is 3.32. The van der Waals surface area contributed by atoms with Crippen LogP contribution in [0.2, 0.25) is 5.02 Å². The molecule has 1 saturated carbocycles. The smallest absolute Gasteiger partial charge is 0.103 e. The number of ether oxygens (including phenoxy) is 1. The standard InChI is InChI=1S/C22H28ClN7O/c1-22(13-31-14-22)28-5-3-27(4-6-28)20-9-19-15(7-17(20)23)10-26-30(19)16-11-25-29(12-16)21-8-18(21)24-2/h7,9-12,18,21,24H,3-6,8,13-14H2,1-2H3/t18-,21-/m1/s1. The highest BCUT2D eigenvalue weighted by Crippen LogP contribution is 2.36. The number of piperazine rings is 1. The molecule has 0 radical (unpaired) electrons. The van der Waals surface area contributed by atoms with Gasteiger partial charge in [-0.05, 0) is 32.5 Å². The Morgan fingerprint density at radius 1 is 1.13 bits per heavy atom. The Labute approximate surface area is 186 Å². The molecule has 3 aromatic rings. The molecule has 2 aliphatic heterocycles. The van der Waals surface area contributed by atoms with E-state index < -0.39 is 0 Å². The fourth-order valence-electron chi connectivity index (χ4n) is 4.95. The number of hydrogen-bond donors (Lipinski definition) is 1. The van der Waals surface area contributed by atoms with Gasteiger partial charge >= 0.3 is 0 Å². The van der Waals surface area contributed by atoms with Crippen molar-refractivity contribution in [1.82, 2.24) is 29.8 Å². The number of hydrogen-bond acceptors (Lipinski definition) is 6. The summed E-state index contributed by atoms with van der Waals surface area (Å²) in [4.78, 5) is 4.94. The summed E-state index contributed by atoms with van der Waals surface area (Å²) in [6.45, 7) is 7.93. The number of nitrogens with one attached hydrogen (secondary N) is 1. The van der Waals surface area contributed by atoms with Crippen LogP contribution in [0.3, 0.4) is 0 Å². The van der Waals surface area contributed by atoms with Gasteiger partial charge in [-0.2, -0.15) is 10.2 Å². The lowest BCUT2D eigenvalue weighted by Gasteiger charge is -2.50. The molecule has 0 spiro atoms. The van der Waals surface area contributed by atoms with Crippen LogP contribution in [0.4, 0.5) is 5.69 Å². The second-order valence-corrected chi connectivity index (χ2v) is 9.67. The van der Waals surface area contributed by atoms with E-state index in [1.807, 2.05) is 34.9 Å². The van der Waals surface area contributed by atoms with Crippen LogP contribution in [-0.2, 0) is 4.74 Å². The van der Waals surface area contributed by atoms with Gasteiger partial charge in [-0.1, -0.05) is 11.6 Å². The van der Waals surface area contributed by atoms with Gasteiger partial charge in [0.15, 0.2) is 0 Å². The van der Waals surface area contributed by atoms with Crippen LogP contribution in [0.25, 0.3) is 16.6 Å². The molecule has 1 N–H and O–H groups in total. The van der Waals surface area contributed by atoms with Gasteiger partial charge in [-0.3, -0.25) is 9.58 Å². The van der Waals surface area contributed by atoms with Gasteiger partial charge in [0.1, 0.15) is 5.69 Å². The third-order valence-electron chi connectivity index (χ3n) is 7.15. The minimum atomic E-state index is 0.201. The molecule has 9 heteroatoms. The van der Waals surface area contributed by atoms with Crippen molar-refractivity contribution in [2.24, 2.45) is 0 Å². The Bertz CT molecular complexity index is 1110. The van der Waals surface area contributed by atoms with Crippen molar-refractivity contribution < 1.29 is 4.74 Å². The maximum atomic E-state index is 6.71. The minimum Gasteiger partial charge on any atom is -0.377 e. The summed E-state index contributed by atoms with van der Waals surface area (Å²) in [6, 6.07) is 5.16. The third kappa shape index (κ3) is 3.24. The summed E-state index contributed by atoms with van der Waals surface area (Å²) in [5.74, 6) is 0. The molecule has 1 aromatic carbocycles. The van der Waals surface area contributed by atoms with Gasteiger partial charge < -0.3 is 15.0 Å². The predicted octanol–water partition coefficient (Wildman–Crippen LogP) is 2.32. The number of nitrogens with zero attached hydrogens (tertiary/aromatic N) is 6. The van der Waals surface area contributed by atoms with Crippen molar-refractivity contribution in [3.05, 3.63) is 35.7 Å².